The number of carbonyl (C=O) groups is 1. The van der Waals surface area contributed by atoms with Crippen LogP contribution in [0, 0.1) is 5.82 Å². The molecule has 0 aliphatic carbocycles. The van der Waals surface area contributed by atoms with Gasteiger partial charge in [0.25, 0.3) is 0 Å². The fourth-order valence-corrected chi connectivity index (χ4v) is 1.68. The van der Waals surface area contributed by atoms with Crippen molar-refractivity contribution in [2.75, 3.05) is 0 Å². The van der Waals surface area contributed by atoms with E-state index in [1.807, 2.05) is 12.1 Å². The molecular weight excluding hydrogens is 271 g/mol. The lowest BCUT2D eigenvalue weighted by molar-refractivity contribution is -0.118. The van der Waals surface area contributed by atoms with Crippen molar-refractivity contribution in [1.29, 1.82) is 0 Å². The SMILES string of the molecule is CC(=O)NN=Cc1ccccc1OCc1ccccc1F. The standard InChI is InChI=1S/C16H15FN2O2/c1-12(20)19-18-10-13-6-3-5-9-16(13)21-11-14-7-2-4-8-15(14)17/h2-10H,11H2,1H3,(H,19,20). The van der Waals surface area contributed by atoms with Gasteiger partial charge in [-0.05, 0) is 18.2 Å². The van der Waals surface area contributed by atoms with Crippen LogP contribution in [-0.4, -0.2) is 12.1 Å². The topological polar surface area (TPSA) is 50.7 Å². The van der Waals surface area contributed by atoms with Crippen molar-refractivity contribution in [2.24, 2.45) is 5.10 Å². The molecule has 0 aromatic heterocycles. The predicted molar refractivity (Wildman–Crippen MR) is 78.6 cm³/mol. The minimum atomic E-state index is -0.304. The highest BCUT2D eigenvalue weighted by atomic mass is 19.1. The Hall–Kier alpha value is -2.69. The van der Waals surface area contributed by atoms with Gasteiger partial charge in [0.2, 0.25) is 5.91 Å². The van der Waals surface area contributed by atoms with Gasteiger partial charge in [-0.1, -0.05) is 30.3 Å². The molecule has 0 spiro atoms. The third kappa shape index (κ3) is 4.42. The number of hydrogen-bond donors (Lipinski definition) is 1. The summed E-state index contributed by atoms with van der Waals surface area (Å²) >= 11 is 0. The largest absolute Gasteiger partial charge is 0.488 e. The smallest absolute Gasteiger partial charge is 0.236 e. The zero-order valence-electron chi connectivity index (χ0n) is 11.5. The first kappa shape index (κ1) is 14.7. The van der Waals surface area contributed by atoms with Gasteiger partial charge in [0.1, 0.15) is 18.2 Å². The van der Waals surface area contributed by atoms with Crippen LogP contribution in [0.5, 0.6) is 5.75 Å². The lowest BCUT2D eigenvalue weighted by atomic mass is 10.2. The van der Waals surface area contributed by atoms with Crippen LogP contribution < -0.4 is 10.2 Å². The Morgan fingerprint density at radius 2 is 1.95 bits per heavy atom. The van der Waals surface area contributed by atoms with Crippen LogP contribution in [0.3, 0.4) is 0 Å². The van der Waals surface area contributed by atoms with Crippen LogP contribution in [0.2, 0.25) is 0 Å². The molecule has 1 amide bonds. The van der Waals surface area contributed by atoms with Gasteiger partial charge in [-0.3, -0.25) is 4.79 Å². The summed E-state index contributed by atoms with van der Waals surface area (Å²) in [5.74, 6) is 0.00718. The highest BCUT2D eigenvalue weighted by molar-refractivity contribution is 5.84. The Bertz CT molecular complexity index is 656. The quantitative estimate of drug-likeness (QED) is 0.678. The molecule has 5 heteroatoms. The number of hydrazone groups is 1. The van der Waals surface area contributed by atoms with E-state index in [9.17, 15) is 9.18 Å². The number of ether oxygens (including phenoxy) is 1. The van der Waals surface area contributed by atoms with Crippen LogP contribution in [0.25, 0.3) is 0 Å². The molecule has 0 radical (unpaired) electrons. The molecule has 21 heavy (non-hydrogen) atoms. The number of nitrogens with one attached hydrogen (secondary N) is 1. The van der Waals surface area contributed by atoms with Gasteiger partial charge in [0.15, 0.2) is 0 Å². The average molecular weight is 286 g/mol. The first-order chi connectivity index (χ1) is 10.2. The van der Waals surface area contributed by atoms with Crippen LogP contribution in [-0.2, 0) is 11.4 Å². The predicted octanol–water partition coefficient (Wildman–Crippen LogP) is 2.87. The van der Waals surface area contributed by atoms with Gasteiger partial charge in [-0.15, -0.1) is 0 Å². The molecule has 0 atom stereocenters. The van der Waals surface area contributed by atoms with E-state index in [0.717, 1.165) is 0 Å². The fraction of sp³-hybridized carbons (Fsp3) is 0.125. The van der Waals surface area contributed by atoms with Crippen LogP contribution in [0.1, 0.15) is 18.1 Å². The summed E-state index contributed by atoms with van der Waals surface area (Å²) in [7, 11) is 0. The first-order valence-corrected chi connectivity index (χ1v) is 6.41. The maximum absolute atomic E-state index is 13.5. The van der Waals surface area contributed by atoms with E-state index in [2.05, 4.69) is 10.5 Å². The van der Waals surface area contributed by atoms with Crippen molar-refractivity contribution in [3.63, 3.8) is 0 Å². The van der Waals surface area contributed by atoms with E-state index in [0.29, 0.717) is 16.9 Å². The second-order valence-electron chi connectivity index (χ2n) is 4.34. The monoisotopic (exact) mass is 286 g/mol. The second-order valence-corrected chi connectivity index (χ2v) is 4.34. The molecule has 4 nitrogen and oxygen atoms in total. The normalized spacial score (nSPS) is 10.6. The Balaban J connectivity index is 2.08. The molecule has 1 N–H and O–H groups in total. The molecule has 0 fully saturated rings. The van der Waals surface area contributed by atoms with Gasteiger partial charge >= 0.3 is 0 Å². The molecular formula is C16H15FN2O2. The number of nitrogens with zero attached hydrogens (tertiary/aromatic N) is 1. The zero-order chi connectivity index (χ0) is 15.1. The zero-order valence-corrected chi connectivity index (χ0v) is 11.5. The van der Waals surface area contributed by atoms with E-state index in [4.69, 9.17) is 4.74 Å². The third-order valence-electron chi connectivity index (χ3n) is 2.69. The Kier molecular flexibility index (Phi) is 5.04. The molecule has 0 saturated carbocycles. The summed E-state index contributed by atoms with van der Waals surface area (Å²) < 4.78 is 19.1. The second kappa shape index (κ2) is 7.19. The van der Waals surface area contributed by atoms with E-state index in [1.54, 1.807) is 30.3 Å². The van der Waals surface area contributed by atoms with Crippen molar-refractivity contribution >= 4 is 12.1 Å². The molecule has 2 rings (SSSR count). The summed E-state index contributed by atoms with van der Waals surface area (Å²) in [6.07, 6.45) is 1.48. The van der Waals surface area contributed by atoms with Crippen molar-refractivity contribution in [1.82, 2.24) is 5.43 Å². The molecule has 2 aromatic carbocycles. The maximum Gasteiger partial charge on any atom is 0.236 e. The van der Waals surface area contributed by atoms with Crippen molar-refractivity contribution < 1.29 is 13.9 Å². The maximum atomic E-state index is 13.5. The van der Waals surface area contributed by atoms with Crippen LogP contribution in [0.4, 0.5) is 4.39 Å². The molecule has 0 unspecified atom stereocenters. The van der Waals surface area contributed by atoms with E-state index in [-0.39, 0.29) is 18.3 Å². The number of carbonyl (C=O) groups excluding carboxylic acids is 1. The van der Waals surface area contributed by atoms with Crippen molar-refractivity contribution in [3.05, 3.63) is 65.5 Å². The molecule has 0 aliphatic rings. The molecule has 0 heterocycles. The Morgan fingerprint density at radius 3 is 2.71 bits per heavy atom. The van der Waals surface area contributed by atoms with Gasteiger partial charge < -0.3 is 4.74 Å². The number of rotatable bonds is 5. The average Bonchev–Trinajstić information content (AvgIpc) is 2.47. The molecule has 2 aromatic rings. The van der Waals surface area contributed by atoms with Gasteiger partial charge in [0, 0.05) is 18.1 Å². The minimum Gasteiger partial charge on any atom is -0.488 e. The number of para-hydroxylation sites is 1. The highest BCUT2D eigenvalue weighted by Crippen LogP contribution is 2.18. The first-order valence-electron chi connectivity index (χ1n) is 6.41. The van der Waals surface area contributed by atoms with Gasteiger partial charge in [-0.25, -0.2) is 9.82 Å². The lowest BCUT2D eigenvalue weighted by Gasteiger charge is -2.09. The van der Waals surface area contributed by atoms with Gasteiger partial charge in [-0.2, -0.15) is 5.10 Å². The van der Waals surface area contributed by atoms with Crippen molar-refractivity contribution in [2.45, 2.75) is 13.5 Å². The van der Waals surface area contributed by atoms with Gasteiger partial charge in [0.05, 0.1) is 6.21 Å². The minimum absolute atomic E-state index is 0.123. The fourth-order valence-electron chi connectivity index (χ4n) is 1.68. The van der Waals surface area contributed by atoms with E-state index < -0.39 is 0 Å². The summed E-state index contributed by atoms with van der Waals surface area (Å²) in [5, 5.41) is 3.80. The van der Waals surface area contributed by atoms with E-state index >= 15 is 0 Å². The number of benzene rings is 2. The molecule has 0 aliphatic heterocycles. The van der Waals surface area contributed by atoms with Crippen LogP contribution in [0.15, 0.2) is 53.6 Å². The summed E-state index contributed by atoms with van der Waals surface area (Å²) in [4.78, 5) is 10.8. The molecule has 108 valence electrons. The number of hydrogen-bond acceptors (Lipinski definition) is 3. The third-order valence-corrected chi connectivity index (χ3v) is 2.69. The Labute approximate surface area is 122 Å². The number of halogens is 1. The molecule has 0 saturated heterocycles. The van der Waals surface area contributed by atoms with E-state index in [1.165, 1.54) is 19.2 Å². The number of amides is 1. The summed E-state index contributed by atoms with van der Waals surface area (Å²) in [6.45, 7) is 1.50. The van der Waals surface area contributed by atoms with Crippen molar-refractivity contribution in [3.8, 4) is 5.75 Å². The molecule has 0 bridgehead atoms. The highest BCUT2D eigenvalue weighted by Gasteiger charge is 2.04. The van der Waals surface area contributed by atoms with Crippen LogP contribution >= 0.6 is 0 Å². The summed E-state index contributed by atoms with van der Waals surface area (Å²) in [6, 6.07) is 13.6. The summed E-state index contributed by atoms with van der Waals surface area (Å²) in [5.41, 5.74) is 3.49. The lowest BCUT2D eigenvalue weighted by Crippen LogP contribution is -2.12. The Morgan fingerprint density at radius 1 is 1.24 bits per heavy atom.